The van der Waals surface area contributed by atoms with Crippen LogP contribution in [-0.4, -0.2) is 11.3 Å². The first kappa shape index (κ1) is 12.6. The van der Waals surface area contributed by atoms with E-state index in [9.17, 15) is 4.79 Å². The van der Waals surface area contributed by atoms with Crippen LogP contribution in [0.25, 0.3) is 10.9 Å². The Morgan fingerprint density at radius 2 is 1.95 bits per heavy atom. The number of benzene rings is 2. The second-order valence-electron chi connectivity index (χ2n) is 4.23. The molecule has 20 heavy (non-hydrogen) atoms. The summed E-state index contributed by atoms with van der Waals surface area (Å²) in [6.07, 6.45) is 2.43. The van der Waals surface area contributed by atoms with Crippen LogP contribution < -0.4 is 4.74 Å². The lowest BCUT2D eigenvalue weighted by atomic mass is 10.2. The van der Waals surface area contributed by atoms with Crippen molar-refractivity contribution in [2.45, 2.75) is 0 Å². The minimum atomic E-state index is 0.366. The number of aldehydes is 1. The Morgan fingerprint density at radius 1 is 1.10 bits per heavy atom. The van der Waals surface area contributed by atoms with Crippen molar-refractivity contribution in [2.24, 2.45) is 0 Å². The van der Waals surface area contributed by atoms with E-state index in [1.807, 2.05) is 30.3 Å². The number of para-hydroxylation sites is 1. The van der Waals surface area contributed by atoms with E-state index in [1.54, 1.807) is 24.4 Å². The number of nitrogens with zero attached hydrogens (tertiary/aromatic N) is 1. The number of carbonyl (C=O) groups excluding carboxylic acids is 1. The Balaban J connectivity index is 2.01. The normalized spacial score (nSPS) is 10.4. The molecule has 3 aromatic rings. The van der Waals surface area contributed by atoms with Gasteiger partial charge in [0.2, 0.25) is 0 Å². The van der Waals surface area contributed by atoms with Gasteiger partial charge in [0, 0.05) is 23.2 Å². The molecule has 0 aliphatic carbocycles. The summed E-state index contributed by atoms with van der Waals surface area (Å²) in [5, 5.41) is 1.37. The van der Waals surface area contributed by atoms with Crippen molar-refractivity contribution >= 4 is 28.8 Å². The summed E-state index contributed by atoms with van der Waals surface area (Å²) in [7, 11) is 0. The highest BCUT2D eigenvalue weighted by molar-refractivity contribution is 6.33. The van der Waals surface area contributed by atoms with Gasteiger partial charge in [0.15, 0.2) is 12.0 Å². The largest absolute Gasteiger partial charge is 0.455 e. The Bertz CT molecular complexity index is 781. The summed E-state index contributed by atoms with van der Waals surface area (Å²) in [5.74, 6) is 1.22. The predicted octanol–water partition coefficient (Wildman–Crippen LogP) is 4.49. The van der Waals surface area contributed by atoms with Crippen molar-refractivity contribution in [1.82, 2.24) is 4.98 Å². The molecule has 0 radical (unpaired) electrons. The van der Waals surface area contributed by atoms with Gasteiger partial charge in [-0.2, -0.15) is 0 Å². The molecular formula is C16H10ClNO2. The van der Waals surface area contributed by atoms with Crippen LogP contribution in [0.2, 0.25) is 5.02 Å². The van der Waals surface area contributed by atoms with Gasteiger partial charge < -0.3 is 4.74 Å². The van der Waals surface area contributed by atoms with Gasteiger partial charge in [-0.05, 0) is 24.3 Å². The van der Waals surface area contributed by atoms with Crippen LogP contribution in [0.4, 0.5) is 0 Å². The topological polar surface area (TPSA) is 39.2 Å². The van der Waals surface area contributed by atoms with Crippen LogP contribution in [0.1, 0.15) is 10.4 Å². The summed E-state index contributed by atoms with van der Waals surface area (Å²) in [6, 6.07) is 14.5. The lowest BCUT2D eigenvalue weighted by Gasteiger charge is -2.09. The molecular weight excluding hydrogens is 274 g/mol. The van der Waals surface area contributed by atoms with Gasteiger partial charge in [-0.1, -0.05) is 29.8 Å². The zero-order valence-corrected chi connectivity index (χ0v) is 11.2. The average Bonchev–Trinajstić information content (AvgIpc) is 2.48. The van der Waals surface area contributed by atoms with Crippen molar-refractivity contribution in [3.63, 3.8) is 0 Å². The van der Waals surface area contributed by atoms with Gasteiger partial charge in [-0.3, -0.25) is 9.78 Å². The Labute approximate surface area is 120 Å². The van der Waals surface area contributed by atoms with Gasteiger partial charge in [-0.15, -0.1) is 0 Å². The highest BCUT2D eigenvalue weighted by Crippen LogP contribution is 2.30. The number of fused-ring (bicyclic) bond motifs is 1. The molecule has 0 amide bonds. The first-order valence-corrected chi connectivity index (χ1v) is 6.42. The third kappa shape index (κ3) is 2.36. The van der Waals surface area contributed by atoms with Gasteiger partial charge in [0.25, 0.3) is 0 Å². The minimum Gasteiger partial charge on any atom is -0.455 e. The van der Waals surface area contributed by atoms with E-state index in [1.165, 1.54) is 0 Å². The third-order valence-electron chi connectivity index (χ3n) is 2.92. The number of aromatic nitrogens is 1. The average molecular weight is 284 g/mol. The molecule has 0 saturated heterocycles. The molecule has 0 fully saturated rings. The molecule has 1 heterocycles. The lowest BCUT2D eigenvalue weighted by molar-refractivity contribution is 0.112. The molecule has 3 rings (SSSR count). The van der Waals surface area contributed by atoms with E-state index in [-0.39, 0.29) is 0 Å². The zero-order chi connectivity index (χ0) is 13.9. The molecule has 4 heteroatoms. The fourth-order valence-electron chi connectivity index (χ4n) is 1.95. The number of halogens is 1. The van der Waals surface area contributed by atoms with Crippen LogP contribution in [0.3, 0.4) is 0 Å². The molecule has 0 bridgehead atoms. The molecule has 0 aliphatic heterocycles. The van der Waals surface area contributed by atoms with E-state index in [4.69, 9.17) is 16.3 Å². The van der Waals surface area contributed by atoms with E-state index in [2.05, 4.69) is 4.98 Å². The van der Waals surface area contributed by atoms with Gasteiger partial charge >= 0.3 is 0 Å². The molecule has 1 aromatic heterocycles. The van der Waals surface area contributed by atoms with Crippen LogP contribution in [0.15, 0.2) is 54.7 Å². The van der Waals surface area contributed by atoms with Gasteiger partial charge in [0.05, 0.1) is 5.02 Å². The molecule has 3 nitrogen and oxygen atoms in total. The zero-order valence-electron chi connectivity index (χ0n) is 10.4. The standard InChI is InChI=1S/C16H10ClNO2/c17-14-9-13(7-6-12(14)10-19)20-15-5-1-3-11-4-2-8-18-16(11)15/h1-10H. The van der Waals surface area contributed by atoms with E-state index in [0.29, 0.717) is 28.4 Å². The van der Waals surface area contributed by atoms with Crippen molar-refractivity contribution in [1.29, 1.82) is 0 Å². The maximum atomic E-state index is 10.7. The van der Waals surface area contributed by atoms with Crippen molar-refractivity contribution < 1.29 is 9.53 Å². The molecule has 0 unspecified atom stereocenters. The van der Waals surface area contributed by atoms with E-state index in [0.717, 1.165) is 10.9 Å². The minimum absolute atomic E-state index is 0.366. The molecule has 0 N–H and O–H groups in total. The first-order valence-electron chi connectivity index (χ1n) is 6.04. The molecule has 0 aliphatic rings. The second kappa shape index (κ2) is 5.31. The number of carbonyl (C=O) groups is 1. The summed E-state index contributed by atoms with van der Waals surface area (Å²) < 4.78 is 5.81. The highest BCUT2D eigenvalue weighted by Gasteiger charge is 2.06. The van der Waals surface area contributed by atoms with Crippen molar-refractivity contribution in [3.05, 3.63) is 65.3 Å². The van der Waals surface area contributed by atoms with Crippen molar-refractivity contribution in [2.75, 3.05) is 0 Å². The fourth-order valence-corrected chi connectivity index (χ4v) is 2.17. The summed E-state index contributed by atoms with van der Waals surface area (Å²) in [5.41, 5.74) is 1.22. The predicted molar refractivity (Wildman–Crippen MR) is 78.7 cm³/mol. The smallest absolute Gasteiger partial charge is 0.153 e. The number of ether oxygens (including phenoxy) is 1. The Kier molecular flexibility index (Phi) is 3.35. The first-order chi connectivity index (χ1) is 9.78. The quantitative estimate of drug-likeness (QED) is 0.665. The number of pyridine rings is 1. The number of hydrogen-bond acceptors (Lipinski definition) is 3. The molecule has 0 atom stereocenters. The number of hydrogen-bond donors (Lipinski definition) is 0. The summed E-state index contributed by atoms with van der Waals surface area (Å²) in [4.78, 5) is 15.1. The molecule has 2 aromatic carbocycles. The van der Waals surface area contributed by atoms with Gasteiger partial charge in [-0.25, -0.2) is 0 Å². The maximum absolute atomic E-state index is 10.7. The Hall–Kier alpha value is -2.39. The second-order valence-corrected chi connectivity index (χ2v) is 4.64. The summed E-state index contributed by atoms with van der Waals surface area (Å²) >= 11 is 5.99. The maximum Gasteiger partial charge on any atom is 0.153 e. The van der Waals surface area contributed by atoms with Crippen LogP contribution in [-0.2, 0) is 0 Å². The van der Waals surface area contributed by atoms with Crippen molar-refractivity contribution in [3.8, 4) is 11.5 Å². The van der Waals surface area contributed by atoms with Crippen LogP contribution in [0, 0.1) is 0 Å². The summed E-state index contributed by atoms with van der Waals surface area (Å²) in [6.45, 7) is 0. The third-order valence-corrected chi connectivity index (χ3v) is 3.25. The Morgan fingerprint density at radius 3 is 2.75 bits per heavy atom. The highest BCUT2D eigenvalue weighted by atomic mass is 35.5. The number of rotatable bonds is 3. The van der Waals surface area contributed by atoms with Crippen LogP contribution >= 0.6 is 11.6 Å². The fraction of sp³-hybridized carbons (Fsp3) is 0. The van der Waals surface area contributed by atoms with E-state index >= 15 is 0 Å². The molecule has 0 spiro atoms. The molecule has 0 saturated carbocycles. The van der Waals surface area contributed by atoms with Crippen LogP contribution in [0.5, 0.6) is 11.5 Å². The lowest BCUT2D eigenvalue weighted by Crippen LogP contribution is -1.89. The van der Waals surface area contributed by atoms with E-state index < -0.39 is 0 Å². The SMILES string of the molecule is O=Cc1ccc(Oc2cccc3cccnc23)cc1Cl. The molecule has 98 valence electrons. The monoisotopic (exact) mass is 283 g/mol. The van der Waals surface area contributed by atoms with Gasteiger partial charge in [0.1, 0.15) is 11.3 Å².